The van der Waals surface area contributed by atoms with E-state index >= 15 is 4.39 Å². The molecule has 1 aromatic carbocycles. The lowest BCUT2D eigenvalue weighted by Gasteiger charge is -2.21. The second-order valence-electron chi connectivity index (χ2n) is 7.42. The maximum atomic E-state index is 15.1. The molecule has 0 fully saturated rings. The van der Waals surface area contributed by atoms with Gasteiger partial charge >= 0.3 is 6.18 Å². The van der Waals surface area contributed by atoms with Crippen LogP contribution in [0.4, 0.5) is 17.6 Å². The number of nitrogens with zero attached hydrogens (tertiary/aromatic N) is 1. The molecule has 1 aromatic heterocycles. The molecule has 8 nitrogen and oxygen atoms in total. The van der Waals surface area contributed by atoms with Crippen molar-refractivity contribution in [3.8, 4) is 22.8 Å². The zero-order valence-corrected chi connectivity index (χ0v) is 19.8. The number of nitrogens with two attached hydrogens (primary N) is 1. The van der Waals surface area contributed by atoms with Crippen molar-refractivity contribution in [1.29, 1.82) is 5.41 Å². The number of amides is 1. The fourth-order valence-electron chi connectivity index (χ4n) is 2.87. The molecule has 13 heteroatoms. The fraction of sp³-hybridized carbons (Fsp3) is 0.318. The van der Waals surface area contributed by atoms with Crippen molar-refractivity contribution in [2.24, 2.45) is 5.73 Å². The van der Waals surface area contributed by atoms with Gasteiger partial charge in [0.2, 0.25) is 0 Å². The lowest BCUT2D eigenvalue weighted by molar-refractivity contribution is -0.189. The number of hydrogen-bond donors (Lipinski definition) is 4. The number of methoxy groups -OCH3 is 1. The third-order valence-corrected chi connectivity index (χ3v) is 4.90. The maximum Gasteiger partial charge on any atom is 0.425 e. The quantitative estimate of drug-likeness (QED) is 0.302. The van der Waals surface area contributed by atoms with Gasteiger partial charge in [0, 0.05) is 11.3 Å². The van der Waals surface area contributed by atoms with Gasteiger partial charge in [0.05, 0.1) is 30.2 Å². The minimum atomic E-state index is -4.79. The van der Waals surface area contributed by atoms with Gasteiger partial charge < -0.3 is 25.6 Å². The van der Waals surface area contributed by atoms with Crippen LogP contribution in [-0.2, 0) is 0 Å². The number of benzene rings is 1. The molecule has 190 valence electrons. The molecular weight excluding hydrogens is 496 g/mol. The van der Waals surface area contributed by atoms with Gasteiger partial charge in [-0.15, -0.1) is 0 Å². The standard InChI is InChI=1S/C22H23ClF4N4O4/c1-9(28)18(20(23)29)31-21(33)13-7-14(24)12(8-17(13)35-11(3)22(25,26)27)15-5-6-16(34-4)19(30-15)10(2)32/h5-8,10-11,29,32H,28H2,1-4H3,(H,31,33)/b18-9+,29-20?/t10?,11-/m0/s1. The monoisotopic (exact) mass is 518 g/mol. The summed E-state index contributed by atoms with van der Waals surface area (Å²) in [7, 11) is 1.34. The van der Waals surface area contributed by atoms with Gasteiger partial charge in [0.15, 0.2) is 6.10 Å². The molecule has 1 amide bonds. The second-order valence-corrected chi connectivity index (χ2v) is 7.79. The van der Waals surface area contributed by atoms with Crippen LogP contribution >= 0.6 is 11.6 Å². The van der Waals surface area contributed by atoms with Crippen molar-refractivity contribution >= 4 is 22.7 Å². The Bertz CT molecular complexity index is 1160. The van der Waals surface area contributed by atoms with Gasteiger partial charge in [0.1, 0.15) is 28.2 Å². The summed E-state index contributed by atoms with van der Waals surface area (Å²) in [6, 6.07) is 4.28. The smallest absolute Gasteiger partial charge is 0.425 e. The number of hydrogen-bond acceptors (Lipinski definition) is 7. The molecule has 0 bridgehead atoms. The summed E-state index contributed by atoms with van der Waals surface area (Å²) in [6.45, 7) is 3.44. The van der Waals surface area contributed by atoms with E-state index < -0.39 is 46.6 Å². The minimum absolute atomic E-state index is 0.0587. The molecule has 5 N–H and O–H groups in total. The van der Waals surface area contributed by atoms with E-state index in [0.717, 1.165) is 6.07 Å². The molecule has 0 aliphatic rings. The van der Waals surface area contributed by atoms with E-state index in [-0.39, 0.29) is 34.1 Å². The molecule has 35 heavy (non-hydrogen) atoms. The number of nitrogens with one attached hydrogen (secondary N) is 2. The Morgan fingerprint density at radius 2 is 1.89 bits per heavy atom. The van der Waals surface area contributed by atoms with E-state index in [1.807, 2.05) is 0 Å². The van der Waals surface area contributed by atoms with Gasteiger partial charge in [0.25, 0.3) is 5.91 Å². The van der Waals surface area contributed by atoms with Gasteiger partial charge in [-0.1, -0.05) is 11.6 Å². The maximum absolute atomic E-state index is 15.1. The number of aliphatic hydroxyl groups excluding tert-OH is 1. The van der Waals surface area contributed by atoms with E-state index in [1.54, 1.807) is 0 Å². The van der Waals surface area contributed by atoms with Gasteiger partial charge in [-0.05, 0) is 45.0 Å². The van der Waals surface area contributed by atoms with Crippen LogP contribution in [-0.4, -0.2) is 40.6 Å². The van der Waals surface area contributed by atoms with E-state index in [0.29, 0.717) is 13.0 Å². The number of aliphatic hydroxyl groups is 1. The SMILES string of the molecule is COc1ccc(-c2cc(O[C@@H](C)C(F)(F)F)c(C(=O)N/C(C(=N)Cl)=C(\C)N)cc2F)nc1C(C)O. The number of pyridine rings is 1. The van der Waals surface area contributed by atoms with Crippen molar-refractivity contribution in [2.45, 2.75) is 39.2 Å². The largest absolute Gasteiger partial charge is 0.495 e. The van der Waals surface area contributed by atoms with Crippen LogP contribution in [0.3, 0.4) is 0 Å². The number of carbonyl (C=O) groups excluding carboxylic acids is 1. The van der Waals surface area contributed by atoms with Crippen LogP contribution < -0.4 is 20.5 Å². The fourth-order valence-corrected chi connectivity index (χ4v) is 3.07. The topological polar surface area (TPSA) is 131 Å². The Morgan fingerprint density at radius 3 is 2.37 bits per heavy atom. The number of ether oxygens (including phenoxy) is 2. The van der Waals surface area contributed by atoms with Crippen molar-refractivity contribution in [1.82, 2.24) is 10.3 Å². The van der Waals surface area contributed by atoms with Crippen LogP contribution in [0, 0.1) is 11.2 Å². The summed E-state index contributed by atoms with van der Waals surface area (Å²) >= 11 is 5.59. The molecule has 2 rings (SSSR count). The molecule has 2 atom stereocenters. The van der Waals surface area contributed by atoms with Crippen LogP contribution in [0.5, 0.6) is 11.5 Å². The zero-order chi connectivity index (χ0) is 26.7. The first-order valence-electron chi connectivity index (χ1n) is 9.99. The van der Waals surface area contributed by atoms with Gasteiger partial charge in [-0.2, -0.15) is 13.2 Å². The van der Waals surface area contributed by atoms with Crippen molar-refractivity contribution in [3.63, 3.8) is 0 Å². The predicted octanol–water partition coefficient (Wildman–Crippen LogP) is 4.42. The van der Waals surface area contributed by atoms with Crippen LogP contribution in [0.2, 0.25) is 0 Å². The molecule has 1 heterocycles. The number of alkyl halides is 3. The Balaban J connectivity index is 2.68. The Kier molecular flexibility index (Phi) is 8.69. The highest BCUT2D eigenvalue weighted by atomic mass is 35.5. The molecule has 0 saturated heterocycles. The molecule has 0 aliphatic heterocycles. The number of allylic oxidation sites excluding steroid dienone is 2. The molecular formula is C22H23ClF4N4O4. The molecule has 0 aliphatic carbocycles. The second kappa shape index (κ2) is 10.9. The summed E-state index contributed by atoms with van der Waals surface area (Å²) in [5, 5.41) is 19.0. The van der Waals surface area contributed by atoms with Crippen molar-refractivity contribution in [3.05, 3.63) is 52.7 Å². The predicted molar refractivity (Wildman–Crippen MR) is 121 cm³/mol. The zero-order valence-electron chi connectivity index (χ0n) is 19.1. The first-order valence-corrected chi connectivity index (χ1v) is 10.4. The summed E-state index contributed by atoms with van der Waals surface area (Å²) in [6.07, 6.45) is -8.26. The summed E-state index contributed by atoms with van der Waals surface area (Å²) in [5.74, 6) is -2.54. The number of aromatic nitrogens is 1. The first kappa shape index (κ1) is 27.9. The molecule has 0 spiro atoms. The Labute approximate surface area is 203 Å². The number of halogens is 5. The van der Waals surface area contributed by atoms with Crippen LogP contribution in [0.25, 0.3) is 11.3 Å². The number of rotatable bonds is 8. The third kappa shape index (κ3) is 6.61. The van der Waals surface area contributed by atoms with E-state index in [2.05, 4.69) is 10.3 Å². The summed E-state index contributed by atoms with van der Waals surface area (Å²) < 4.78 is 64.8. The average molecular weight is 519 g/mol. The minimum Gasteiger partial charge on any atom is -0.495 e. The first-order chi connectivity index (χ1) is 16.2. The van der Waals surface area contributed by atoms with Crippen LogP contribution in [0.15, 0.2) is 35.7 Å². The van der Waals surface area contributed by atoms with Gasteiger partial charge in [-0.3, -0.25) is 10.2 Å². The lowest BCUT2D eigenvalue weighted by atomic mass is 10.0. The molecule has 0 radical (unpaired) electrons. The molecule has 1 unspecified atom stereocenters. The normalized spacial score (nSPS) is 14.0. The van der Waals surface area contributed by atoms with Crippen molar-refractivity contribution in [2.75, 3.05) is 7.11 Å². The van der Waals surface area contributed by atoms with E-state index in [1.165, 1.54) is 33.1 Å². The molecule has 2 aromatic rings. The van der Waals surface area contributed by atoms with Crippen LogP contribution in [0.1, 0.15) is 42.9 Å². The highest BCUT2D eigenvalue weighted by molar-refractivity contribution is 6.68. The van der Waals surface area contributed by atoms with Crippen molar-refractivity contribution < 1.29 is 36.9 Å². The highest BCUT2D eigenvalue weighted by Gasteiger charge is 2.39. The lowest BCUT2D eigenvalue weighted by Crippen LogP contribution is -2.33. The summed E-state index contributed by atoms with van der Waals surface area (Å²) in [4.78, 5) is 16.9. The molecule has 0 saturated carbocycles. The average Bonchev–Trinajstić information content (AvgIpc) is 2.76. The summed E-state index contributed by atoms with van der Waals surface area (Å²) in [5.41, 5.74) is 4.30. The van der Waals surface area contributed by atoms with E-state index in [4.69, 9.17) is 32.2 Å². The van der Waals surface area contributed by atoms with Gasteiger partial charge in [-0.25, -0.2) is 9.37 Å². The Hall–Kier alpha value is -3.38. The Morgan fingerprint density at radius 1 is 1.26 bits per heavy atom. The highest BCUT2D eigenvalue weighted by Crippen LogP contribution is 2.35. The van der Waals surface area contributed by atoms with E-state index in [9.17, 15) is 23.1 Å². The third-order valence-electron chi connectivity index (χ3n) is 4.71. The number of carbonyl (C=O) groups is 1.